The van der Waals surface area contributed by atoms with E-state index < -0.39 is 30.0 Å². The number of pyridine rings is 1. The molecule has 166 valence electrons. The Kier molecular flexibility index (Phi) is 6.22. The summed E-state index contributed by atoms with van der Waals surface area (Å²) in [5.74, 6) is 0. The van der Waals surface area contributed by atoms with E-state index in [0.29, 0.717) is 0 Å². The van der Waals surface area contributed by atoms with Gasteiger partial charge in [-0.15, -0.1) is 0 Å². The molecule has 1 atom stereocenters. The lowest BCUT2D eigenvalue weighted by molar-refractivity contribution is 0.00578. The molecule has 2 heterocycles. The van der Waals surface area contributed by atoms with E-state index in [9.17, 15) is 4.79 Å². The van der Waals surface area contributed by atoms with E-state index in [0.717, 1.165) is 22.2 Å². The van der Waals surface area contributed by atoms with Gasteiger partial charge in [0, 0.05) is 17.9 Å². The molecule has 2 aromatic rings. The van der Waals surface area contributed by atoms with Gasteiger partial charge in [-0.1, -0.05) is 30.3 Å². The maximum absolute atomic E-state index is 12.0. The summed E-state index contributed by atoms with van der Waals surface area (Å²) >= 11 is 0. The SMILES string of the molecule is C[C@@H](NC(=O)OC(C)(C)C)c1ccc(-c2cncc(B3OC(C)(C)C(C)(C)O3)c2)cc1. The Morgan fingerprint density at radius 2 is 1.61 bits per heavy atom. The van der Waals surface area contributed by atoms with E-state index in [4.69, 9.17) is 14.0 Å². The minimum absolute atomic E-state index is 0.168. The van der Waals surface area contributed by atoms with Gasteiger partial charge in [0.15, 0.2) is 0 Å². The molecule has 1 aliphatic heterocycles. The number of amides is 1. The highest BCUT2D eigenvalue weighted by Gasteiger charge is 2.51. The van der Waals surface area contributed by atoms with Crippen LogP contribution in [0.2, 0.25) is 0 Å². The summed E-state index contributed by atoms with van der Waals surface area (Å²) in [7, 11) is -0.449. The summed E-state index contributed by atoms with van der Waals surface area (Å²) in [6.07, 6.45) is 3.18. The van der Waals surface area contributed by atoms with E-state index in [1.807, 2.05) is 91.9 Å². The molecule has 1 aromatic heterocycles. The Labute approximate surface area is 185 Å². The van der Waals surface area contributed by atoms with Crippen molar-refractivity contribution in [1.82, 2.24) is 10.3 Å². The zero-order valence-electron chi connectivity index (χ0n) is 19.8. The van der Waals surface area contributed by atoms with Crippen LogP contribution >= 0.6 is 0 Å². The number of hydrogen-bond acceptors (Lipinski definition) is 5. The molecule has 0 bridgehead atoms. The molecular formula is C24H33BN2O4. The van der Waals surface area contributed by atoms with Crippen molar-refractivity contribution in [2.24, 2.45) is 0 Å². The van der Waals surface area contributed by atoms with Gasteiger partial charge in [-0.05, 0) is 72.1 Å². The number of hydrogen-bond donors (Lipinski definition) is 1. The molecule has 1 aliphatic rings. The number of alkyl carbamates (subject to hydrolysis) is 1. The molecule has 1 fully saturated rings. The van der Waals surface area contributed by atoms with Gasteiger partial charge in [0.25, 0.3) is 0 Å². The molecule has 3 rings (SSSR count). The Bertz CT molecular complexity index is 919. The normalized spacial score (nSPS) is 18.5. The fourth-order valence-corrected chi connectivity index (χ4v) is 3.26. The van der Waals surface area contributed by atoms with E-state index in [2.05, 4.69) is 10.3 Å². The van der Waals surface area contributed by atoms with Crippen LogP contribution in [0.4, 0.5) is 4.79 Å². The summed E-state index contributed by atoms with van der Waals surface area (Å²) in [5, 5.41) is 2.87. The Balaban J connectivity index is 1.72. The minimum atomic E-state index is -0.525. The predicted molar refractivity (Wildman–Crippen MR) is 123 cm³/mol. The number of carbonyl (C=O) groups is 1. The summed E-state index contributed by atoms with van der Waals surface area (Å²) in [6.45, 7) is 15.6. The lowest BCUT2D eigenvalue weighted by atomic mass is 9.79. The van der Waals surface area contributed by atoms with Crippen molar-refractivity contribution in [3.05, 3.63) is 48.3 Å². The van der Waals surface area contributed by atoms with Crippen LogP contribution in [0, 0.1) is 0 Å². The number of carbonyl (C=O) groups excluding carboxylic acids is 1. The first-order valence-electron chi connectivity index (χ1n) is 10.7. The zero-order valence-corrected chi connectivity index (χ0v) is 19.8. The lowest BCUT2D eigenvalue weighted by Gasteiger charge is -2.32. The monoisotopic (exact) mass is 424 g/mol. The van der Waals surface area contributed by atoms with Crippen molar-refractivity contribution in [2.75, 3.05) is 0 Å². The fourth-order valence-electron chi connectivity index (χ4n) is 3.26. The van der Waals surface area contributed by atoms with Crippen LogP contribution in [0.15, 0.2) is 42.7 Å². The molecule has 1 aromatic carbocycles. The van der Waals surface area contributed by atoms with Gasteiger partial charge < -0.3 is 19.4 Å². The van der Waals surface area contributed by atoms with Crippen molar-refractivity contribution in [1.29, 1.82) is 0 Å². The second-order valence-electron chi connectivity index (χ2n) is 10.1. The standard InChI is InChI=1S/C24H33BN2O4/c1-16(27-21(28)29-22(2,3)4)17-9-11-18(12-10-17)19-13-20(15-26-14-19)25-30-23(5,6)24(7,8)31-25/h9-16H,1-8H3,(H,27,28)/t16-/m1/s1. The van der Waals surface area contributed by atoms with Crippen LogP contribution in [-0.4, -0.2) is 35.0 Å². The highest BCUT2D eigenvalue weighted by Crippen LogP contribution is 2.36. The first kappa shape index (κ1) is 23.3. The van der Waals surface area contributed by atoms with Crippen LogP contribution in [0.25, 0.3) is 11.1 Å². The predicted octanol–water partition coefficient (Wildman–Crippen LogP) is 4.63. The first-order chi connectivity index (χ1) is 14.3. The molecular weight excluding hydrogens is 391 g/mol. The summed E-state index contributed by atoms with van der Waals surface area (Å²) < 4.78 is 17.6. The number of nitrogens with one attached hydrogen (secondary N) is 1. The Morgan fingerprint density at radius 3 is 2.16 bits per heavy atom. The molecule has 31 heavy (non-hydrogen) atoms. The molecule has 0 saturated carbocycles. The molecule has 0 spiro atoms. The molecule has 1 amide bonds. The van der Waals surface area contributed by atoms with Crippen molar-refractivity contribution in [3.8, 4) is 11.1 Å². The largest absolute Gasteiger partial charge is 0.496 e. The van der Waals surface area contributed by atoms with Crippen LogP contribution in [0.1, 0.15) is 67.0 Å². The van der Waals surface area contributed by atoms with Crippen molar-refractivity contribution < 1.29 is 18.8 Å². The van der Waals surface area contributed by atoms with Crippen LogP contribution in [0.3, 0.4) is 0 Å². The number of rotatable bonds is 4. The van der Waals surface area contributed by atoms with Crippen LogP contribution in [0.5, 0.6) is 0 Å². The van der Waals surface area contributed by atoms with Crippen molar-refractivity contribution in [3.63, 3.8) is 0 Å². The molecule has 1 N–H and O–H groups in total. The van der Waals surface area contributed by atoms with Gasteiger partial charge in [-0.25, -0.2) is 4.79 Å². The lowest BCUT2D eigenvalue weighted by Crippen LogP contribution is -2.41. The summed E-state index contributed by atoms with van der Waals surface area (Å²) in [5.41, 5.74) is 2.57. The number of aromatic nitrogens is 1. The van der Waals surface area contributed by atoms with E-state index in [1.54, 1.807) is 6.20 Å². The van der Waals surface area contributed by atoms with Gasteiger partial charge in [-0.2, -0.15) is 0 Å². The van der Waals surface area contributed by atoms with Gasteiger partial charge >= 0.3 is 13.2 Å². The third-order valence-corrected chi connectivity index (χ3v) is 5.76. The van der Waals surface area contributed by atoms with Gasteiger partial charge in [0.1, 0.15) is 5.60 Å². The molecule has 6 nitrogen and oxygen atoms in total. The quantitative estimate of drug-likeness (QED) is 0.725. The van der Waals surface area contributed by atoms with Crippen LogP contribution in [-0.2, 0) is 14.0 Å². The summed E-state index contributed by atoms with van der Waals surface area (Å²) in [6, 6.07) is 9.92. The Morgan fingerprint density at radius 1 is 1.03 bits per heavy atom. The topological polar surface area (TPSA) is 69.7 Å². The number of benzene rings is 1. The van der Waals surface area contributed by atoms with Gasteiger partial charge in [-0.3, -0.25) is 4.98 Å². The second kappa shape index (κ2) is 8.28. The van der Waals surface area contributed by atoms with E-state index in [-0.39, 0.29) is 6.04 Å². The number of nitrogens with zero attached hydrogens (tertiary/aromatic N) is 1. The highest BCUT2D eigenvalue weighted by atomic mass is 16.7. The average Bonchev–Trinajstić information content (AvgIpc) is 2.88. The third-order valence-electron chi connectivity index (χ3n) is 5.76. The molecule has 1 saturated heterocycles. The van der Waals surface area contributed by atoms with E-state index >= 15 is 0 Å². The second-order valence-corrected chi connectivity index (χ2v) is 10.1. The minimum Gasteiger partial charge on any atom is -0.444 e. The zero-order chi connectivity index (χ0) is 23.0. The third kappa shape index (κ3) is 5.46. The number of ether oxygens (including phenoxy) is 1. The first-order valence-corrected chi connectivity index (χ1v) is 10.7. The van der Waals surface area contributed by atoms with Crippen molar-refractivity contribution >= 4 is 18.7 Å². The fraction of sp³-hybridized carbons (Fsp3) is 0.500. The molecule has 0 unspecified atom stereocenters. The maximum atomic E-state index is 12.0. The maximum Gasteiger partial charge on any atom is 0.496 e. The van der Waals surface area contributed by atoms with Gasteiger partial charge in [0.2, 0.25) is 0 Å². The molecule has 0 radical (unpaired) electrons. The smallest absolute Gasteiger partial charge is 0.444 e. The van der Waals surface area contributed by atoms with Gasteiger partial charge in [0.05, 0.1) is 17.2 Å². The Hall–Kier alpha value is -2.38. The average molecular weight is 424 g/mol. The van der Waals surface area contributed by atoms with E-state index in [1.165, 1.54) is 0 Å². The molecule has 7 heteroatoms. The summed E-state index contributed by atoms with van der Waals surface area (Å²) in [4.78, 5) is 16.4. The van der Waals surface area contributed by atoms with Crippen molar-refractivity contribution in [2.45, 2.75) is 78.2 Å². The highest BCUT2D eigenvalue weighted by molar-refractivity contribution is 6.62. The van der Waals surface area contributed by atoms with Crippen LogP contribution < -0.4 is 10.8 Å². The molecule has 0 aliphatic carbocycles.